The number of hydrogen-bond acceptors (Lipinski definition) is 3. The predicted molar refractivity (Wildman–Crippen MR) is 41.2 cm³/mol. The van der Waals surface area contributed by atoms with Gasteiger partial charge < -0.3 is 15.4 Å². The van der Waals surface area contributed by atoms with Crippen LogP contribution in [0.25, 0.3) is 0 Å². The van der Waals surface area contributed by atoms with Gasteiger partial charge in [-0.25, -0.2) is 0 Å². The van der Waals surface area contributed by atoms with Crippen LogP contribution in [0.4, 0.5) is 0 Å². The lowest BCUT2D eigenvalue weighted by Gasteiger charge is -2.19. The van der Waals surface area contributed by atoms with Crippen molar-refractivity contribution in [3.05, 3.63) is 0 Å². The monoisotopic (exact) mass is 144 g/mol. The summed E-state index contributed by atoms with van der Waals surface area (Å²) in [5.41, 5.74) is 0. The average Bonchev–Trinajstić information content (AvgIpc) is 1.87. The van der Waals surface area contributed by atoms with Crippen LogP contribution in [0.2, 0.25) is 0 Å². The fourth-order valence-corrected chi connectivity index (χ4v) is 1.10. The van der Waals surface area contributed by atoms with E-state index in [1.54, 1.807) is 7.11 Å². The molecule has 0 bridgehead atoms. The molecule has 1 aliphatic heterocycles. The molecule has 0 aromatic heterocycles. The molecule has 0 saturated carbocycles. The van der Waals surface area contributed by atoms with Crippen LogP contribution in [0.1, 0.15) is 6.42 Å². The zero-order valence-electron chi connectivity index (χ0n) is 6.52. The van der Waals surface area contributed by atoms with Crippen molar-refractivity contribution in [2.45, 2.75) is 12.5 Å². The smallest absolute Gasteiger partial charge is 0.0819 e. The average molecular weight is 144 g/mol. The van der Waals surface area contributed by atoms with Crippen molar-refractivity contribution in [1.29, 1.82) is 0 Å². The molecule has 1 saturated heterocycles. The van der Waals surface area contributed by atoms with Gasteiger partial charge in [-0.05, 0) is 19.5 Å². The van der Waals surface area contributed by atoms with Crippen LogP contribution in [-0.2, 0) is 4.74 Å². The highest BCUT2D eigenvalue weighted by Gasteiger charge is 2.07. The van der Waals surface area contributed by atoms with E-state index in [0.29, 0.717) is 6.10 Å². The van der Waals surface area contributed by atoms with E-state index >= 15 is 0 Å². The first-order valence-electron chi connectivity index (χ1n) is 3.87. The largest absolute Gasteiger partial charge is 0.379 e. The second kappa shape index (κ2) is 4.66. The first kappa shape index (κ1) is 7.98. The van der Waals surface area contributed by atoms with Crippen molar-refractivity contribution >= 4 is 0 Å². The van der Waals surface area contributed by atoms with Gasteiger partial charge in [0.1, 0.15) is 0 Å². The van der Waals surface area contributed by atoms with Gasteiger partial charge in [0.25, 0.3) is 0 Å². The molecule has 10 heavy (non-hydrogen) atoms. The first-order chi connectivity index (χ1) is 4.93. The minimum absolute atomic E-state index is 0.347. The van der Waals surface area contributed by atoms with Crippen molar-refractivity contribution < 1.29 is 4.74 Å². The molecule has 0 unspecified atom stereocenters. The molecular weight excluding hydrogens is 128 g/mol. The van der Waals surface area contributed by atoms with Gasteiger partial charge >= 0.3 is 0 Å². The second-order valence-corrected chi connectivity index (χ2v) is 2.62. The molecule has 0 aliphatic carbocycles. The molecule has 1 fully saturated rings. The molecule has 3 nitrogen and oxygen atoms in total. The molecule has 1 aliphatic rings. The third-order valence-electron chi connectivity index (χ3n) is 1.78. The quantitative estimate of drug-likeness (QED) is 0.524. The molecule has 0 aromatic rings. The van der Waals surface area contributed by atoms with Crippen LogP contribution < -0.4 is 10.6 Å². The van der Waals surface area contributed by atoms with Crippen LogP contribution in [0.5, 0.6) is 0 Å². The van der Waals surface area contributed by atoms with E-state index in [1.807, 2.05) is 0 Å². The Bertz CT molecular complexity index is 79.7. The van der Waals surface area contributed by atoms with E-state index < -0.39 is 0 Å². The van der Waals surface area contributed by atoms with Crippen molar-refractivity contribution in [1.82, 2.24) is 10.6 Å². The molecule has 2 N–H and O–H groups in total. The Morgan fingerprint density at radius 1 is 1.20 bits per heavy atom. The molecule has 0 spiro atoms. The summed E-state index contributed by atoms with van der Waals surface area (Å²) in [5.74, 6) is 0. The zero-order valence-corrected chi connectivity index (χ0v) is 6.52. The van der Waals surface area contributed by atoms with Gasteiger partial charge in [0.05, 0.1) is 6.10 Å². The molecular formula is C7H16N2O. The van der Waals surface area contributed by atoms with Crippen LogP contribution in [0.3, 0.4) is 0 Å². The fourth-order valence-electron chi connectivity index (χ4n) is 1.10. The number of nitrogens with one attached hydrogen (secondary N) is 2. The zero-order chi connectivity index (χ0) is 7.23. The van der Waals surface area contributed by atoms with E-state index in [4.69, 9.17) is 4.74 Å². The molecule has 0 radical (unpaired) electrons. The Morgan fingerprint density at radius 3 is 2.30 bits per heavy atom. The maximum atomic E-state index is 5.20. The van der Waals surface area contributed by atoms with Crippen molar-refractivity contribution in [2.75, 3.05) is 33.3 Å². The maximum Gasteiger partial charge on any atom is 0.0819 e. The number of methoxy groups -OCH3 is 1. The molecule has 0 aromatic carbocycles. The van der Waals surface area contributed by atoms with E-state index in [1.165, 1.54) is 6.42 Å². The molecule has 60 valence electrons. The SMILES string of the molecule is COC1CNCCCNC1. The number of rotatable bonds is 1. The summed E-state index contributed by atoms with van der Waals surface area (Å²) in [5, 5.41) is 6.65. The molecule has 0 amide bonds. The van der Waals surface area contributed by atoms with Gasteiger partial charge in [0.2, 0.25) is 0 Å². The van der Waals surface area contributed by atoms with Gasteiger partial charge in [-0.15, -0.1) is 0 Å². The van der Waals surface area contributed by atoms with E-state index in [9.17, 15) is 0 Å². The summed E-state index contributed by atoms with van der Waals surface area (Å²) >= 11 is 0. The van der Waals surface area contributed by atoms with Gasteiger partial charge in [-0.1, -0.05) is 0 Å². The topological polar surface area (TPSA) is 33.3 Å². The predicted octanol–water partition coefficient (Wildman–Crippen LogP) is -0.416. The summed E-state index contributed by atoms with van der Waals surface area (Å²) in [6.45, 7) is 4.16. The van der Waals surface area contributed by atoms with Crippen molar-refractivity contribution in [3.8, 4) is 0 Å². The Hall–Kier alpha value is -0.120. The van der Waals surface area contributed by atoms with Gasteiger partial charge in [0.15, 0.2) is 0 Å². The van der Waals surface area contributed by atoms with Gasteiger partial charge in [0, 0.05) is 20.2 Å². The van der Waals surface area contributed by atoms with E-state index in [0.717, 1.165) is 26.2 Å². The summed E-state index contributed by atoms with van der Waals surface area (Å²) in [7, 11) is 1.76. The lowest BCUT2D eigenvalue weighted by Crippen LogP contribution is -2.41. The second-order valence-electron chi connectivity index (χ2n) is 2.62. The third kappa shape index (κ3) is 2.64. The third-order valence-corrected chi connectivity index (χ3v) is 1.78. The minimum Gasteiger partial charge on any atom is -0.379 e. The standard InChI is InChI=1S/C7H16N2O/c1-10-7-5-8-3-2-4-9-6-7/h7-9H,2-6H2,1H3. The highest BCUT2D eigenvalue weighted by atomic mass is 16.5. The number of hydrogen-bond donors (Lipinski definition) is 2. The van der Waals surface area contributed by atoms with Crippen LogP contribution >= 0.6 is 0 Å². The maximum absolute atomic E-state index is 5.20. The number of ether oxygens (including phenoxy) is 1. The van der Waals surface area contributed by atoms with Crippen LogP contribution in [0, 0.1) is 0 Å². The molecule has 1 rings (SSSR count). The van der Waals surface area contributed by atoms with Crippen LogP contribution in [-0.4, -0.2) is 39.4 Å². The Kier molecular flexibility index (Phi) is 3.72. The minimum atomic E-state index is 0.347. The normalized spacial score (nSPS) is 23.7. The first-order valence-corrected chi connectivity index (χ1v) is 3.87. The summed E-state index contributed by atoms with van der Waals surface area (Å²) in [6.07, 6.45) is 1.57. The summed E-state index contributed by atoms with van der Waals surface area (Å²) in [4.78, 5) is 0. The summed E-state index contributed by atoms with van der Waals surface area (Å²) in [6, 6.07) is 0. The summed E-state index contributed by atoms with van der Waals surface area (Å²) < 4.78 is 5.20. The molecule has 0 atom stereocenters. The Morgan fingerprint density at radius 2 is 1.80 bits per heavy atom. The fraction of sp³-hybridized carbons (Fsp3) is 1.00. The molecule has 3 heteroatoms. The van der Waals surface area contributed by atoms with E-state index in [2.05, 4.69) is 10.6 Å². The van der Waals surface area contributed by atoms with E-state index in [-0.39, 0.29) is 0 Å². The van der Waals surface area contributed by atoms with Gasteiger partial charge in [-0.3, -0.25) is 0 Å². The van der Waals surface area contributed by atoms with Crippen LogP contribution in [0.15, 0.2) is 0 Å². The lowest BCUT2D eigenvalue weighted by molar-refractivity contribution is 0.0977. The highest BCUT2D eigenvalue weighted by molar-refractivity contribution is 4.67. The highest BCUT2D eigenvalue weighted by Crippen LogP contribution is 1.89. The Labute approximate surface area is 62.1 Å². The lowest BCUT2D eigenvalue weighted by atomic mass is 10.3. The van der Waals surface area contributed by atoms with Gasteiger partial charge in [-0.2, -0.15) is 0 Å². The Balaban J connectivity index is 2.16. The molecule has 1 heterocycles. The van der Waals surface area contributed by atoms with Crippen molar-refractivity contribution in [3.63, 3.8) is 0 Å². The van der Waals surface area contributed by atoms with Crippen molar-refractivity contribution in [2.24, 2.45) is 0 Å².